The topological polar surface area (TPSA) is 0 Å². The maximum Gasteiger partial charge on any atom is -0.0230 e. The van der Waals surface area contributed by atoms with Gasteiger partial charge in [-0.1, -0.05) is 56.7 Å². The van der Waals surface area contributed by atoms with Gasteiger partial charge in [0, 0.05) is 0 Å². The van der Waals surface area contributed by atoms with Gasteiger partial charge in [0.25, 0.3) is 0 Å². The van der Waals surface area contributed by atoms with Crippen LogP contribution in [0.4, 0.5) is 0 Å². The molecule has 0 bridgehead atoms. The molecule has 14 heavy (non-hydrogen) atoms. The van der Waals surface area contributed by atoms with Crippen LogP contribution in [0.15, 0.2) is 30.3 Å². The summed E-state index contributed by atoms with van der Waals surface area (Å²) in [5.74, 6) is 0.694. The van der Waals surface area contributed by atoms with Gasteiger partial charge in [-0.15, -0.1) is 0 Å². The summed E-state index contributed by atoms with van der Waals surface area (Å²) in [6, 6.07) is 8.51. The molecular weight excluding hydrogens is 168 g/mol. The molecule has 0 aliphatic carbocycles. The second kappa shape index (κ2) is 5.64. The first-order valence-corrected chi connectivity index (χ1v) is 5.48. The molecule has 0 heterocycles. The largest absolute Gasteiger partial charge is 0.0811 e. The van der Waals surface area contributed by atoms with Crippen LogP contribution in [0.3, 0.4) is 0 Å². The van der Waals surface area contributed by atoms with E-state index >= 15 is 0 Å². The summed E-state index contributed by atoms with van der Waals surface area (Å²) in [5.41, 5.74) is 2.70. The Labute approximate surface area is 87.7 Å². The summed E-state index contributed by atoms with van der Waals surface area (Å²) in [6.45, 7) is 6.67. The second-order valence-corrected chi connectivity index (χ2v) is 3.98. The zero-order valence-corrected chi connectivity index (χ0v) is 9.46. The Kier molecular flexibility index (Phi) is 4.45. The highest BCUT2D eigenvalue weighted by Gasteiger charge is 1.95. The first-order valence-electron chi connectivity index (χ1n) is 5.48. The van der Waals surface area contributed by atoms with Gasteiger partial charge in [0.1, 0.15) is 0 Å². The molecular formula is C14H20. The smallest absolute Gasteiger partial charge is 0.0230 e. The number of hydrogen-bond acceptors (Lipinski definition) is 0. The lowest BCUT2D eigenvalue weighted by Gasteiger charge is -2.03. The van der Waals surface area contributed by atoms with E-state index in [0.717, 1.165) is 0 Å². The summed E-state index contributed by atoms with van der Waals surface area (Å²) in [6.07, 6.45) is 7.10. The van der Waals surface area contributed by atoms with Gasteiger partial charge >= 0.3 is 0 Å². The van der Waals surface area contributed by atoms with Gasteiger partial charge in [0.2, 0.25) is 0 Å². The van der Waals surface area contributed by atoms with E-state index in [1.165, 1.54) is 24.0 Å². The lowest BCUT2D eigenvalue weighted by atomic mass is 10.0. The molecule has 0 heteroatoms. The quantitative estimate of drug-likeness (QED) is 0.655. The molecule has 0 aromatic heterocycles. The predicted octanol–water partition coefficient (Wildman–Crippen LogP) is 4.44. The standard InChI is InChI=1S/C14H20/c1-4-7-12(2)10-11-14-9-6-5-8-13(14)3/h5-6,8-12H,4,7H2,1-3H3/b11-10+. The Balaban J connectivity index is 2.64. The fourth-order valence-corrected chi connectivity index (χ4v) is 1.59. The van der Waals surface area contributed by atoms with Crippen LogP contribution >= 0.6 is 0 Å². The maximum atomic E-state index is 2.31. The van der Waals surface area contributed by atoms with Gasteiger partial charge in [-0.25, -0.2) is 0 Å². The number of aryl methyl sites for hydroxylation is 1. The molecule has 0 fully saturated rings. The van der Waals surface area contributed by atoms with Crippen molar-refractivity contribution in [3.63, 3.8) is 0 Å². The number of hydrogen-bond donors (Lipinski definition) is 0. The highest BCUT2D eigenvalue weighted by atomic mass is 14.0. The van der Waals surface area contributed by atoms with E-state index in [9.17, 15) is 0 Å². The third kappa shape index (κ3) is 3.37. The molecule has 0 N–H and O–H groups in total. The van der Waals surface area contributed by atoms with Crippen molar-refractivity contribution in [2.24, 2.45) is 5.92 Å². The summed E-state index contributed by atoms with van der Waals surface area (Å²) in [5, 5.41) is 0. The van der Waals surface area contributed by atoms with Crippen LogP contribution in [0.1, 0.15) is 37.8 Å². The van der Waals surface area contributed by atoms with Crippen LogP contribution in [0.5, 0.6) is 0 Å². The van der Waals surface area contributed by atoms with E-state index in [0.29, 0.717) is 5.92 Å². The van der Waals surface area contributed by atoms with Crippen molar-refractivity contribution in [2.45, 2.75) is 33.6 Å². The normalized spacial score (nSPS) is 13.4. The Morgan fingerprint density at radius 2 is 2.00 bits per heavy atom. The zero-order valence-electron chi connectivity index (χ0n) is 9.46. The molecule has 1 aromatic rings. The van der Waals surface area contributed by atoms with E-state index in [1.807, 2.05) is 0 Å². The number of rotatable bonds is 4. The minimum atomic E-state index is 0.694. The first kappa shape index (κ1) is 11.0. The van der Waals surface area contributed by atoms with Crippen LogP contribution in [0.2, 0.25) is 0 Å². The lowest BCUT2D eigenvalue weighted by Crippen LogP contribution is -1.87. The van der Waals surface area contributed by atoms with Crippen LogP contribution in [-0.2, 0) is 0 Å². The highest BCUT2D eigenvalue weighted by molar-refractivity contribution is 5.53. The van der Waals surface area contributed by atoms with E-state index in [2.05, 4.69) is 57.2 Å². The molecule has 0 aliphatic rings. The van der Waals surface area contributed by atoms with E-state index < -0.39 is 0 Å². The fraction of sp³-hybridized carbons (Fsp3) is 0.429. The van der Waals surface area contributed by atoms with Gasteiger partial charge in [0.05, 0.1) is 0 Å². The van der Waals surface area contributed by atoms with Crippen molar-refractivity contribution in [3.05, 3.63) is 41.5 Å². The van der Waals surface area contributed by atoms with Crippen LogP contribution in [0.25, 0.3) is 6.08 Å². The minimum absolute atomic E-state index is 0.694. The molecule has 0 nitrogen and oxygen atoms in total. The first-order chi connectivity index (χ1) is 6.74. The van der Waals surface area contributed by atoms with E-state index in [-0.39, 0.29) is 0 Å². The monoisotopic (exact) mass is 188 g/mol. The molecule has 0 spiro atoms. The molecule has 0 aliphatic heterocycles. The van der Waals surface area contributed by atoms with Crippen molar-refractivity contribution in [2.75, 3.05) is 0 Å². The van der Waals surface area contributed by atoms with Crippen LogP contribution in [-0.4, -0.2) is 0 Å². The molecule has 1 rings (SSSR count). The van der Waals surface area contributed by atoms with Crippen molar-refractivity contribution in [1.82, 2.24) is 0 Å². The predicted molar refractivity (Wildman–Crippen MR) is 64.3 cm³/mol. The van der Waals surface area contributed by atoms with E-state index in [1.54, 1.807) is 0 Å². The third-order valence-electron chi connectivity index (χ3n) is 2.54. The van der Waals surface area contributed by atoms with Gasteiger partial charge in [0.15, 0.2) is 0 Å². The van der Waals surface area contributed by atoms with Gasteiger partial charge in [-0.05, 0) is 30.4 Å². The average Bonchev–Trinajstić information content (AvgIpc) is 2.17. The Morgan fingerprint density at radius 1 is 1.29 bits per heavy atom. The van der Waals surface area contributed by atoms with Crippen LogP contribution in [0, 0.1) is 12.8 Å². The molecule has 0 radical (unpaired) electrons. The zero-order chi connectivity index (χ0) is 10.4. The maximum absolute atomic E-state index is 2.31. The van der Waals surface area contributed by atoms with E-state index in [4.69, 9.17) is 0 Å². The Bertz CT molecular complexity index is 297. The Hall–Kier alpha value is -1.04. The second-order valence-electron chi connectivity index (χ2n) is 3.98. The summed E-state index contributed by atoms with van der Waals surface area (Å²) >= 11 is 0. The molecule has 1 aromatic carbocycles. The summed E-state index contributed by atoms with van der Waals surface area (Å²) in [4.78, 5) is 0. The molecule has 1 atom stereocenters. The molecule has 0 saturated carbocycles. The molecule has 1 unspecified atom stereocenters. The minimum Gasteiger partial charge on any atom is -0.0811 e. The Morgan fingerprint density at radius 3 is 2.64 bits per heavy atom. The van der Waals surface area contributed by atoms with Gasteiger partial charge in [-0.2, -0.15) is 0 Å². The number of allylic oxidation sites excluding steroid dienone is 1. The average molecular weight is 188 g/mol. The van der Waals surface area contributed by atoms with Gasteiger partial charge in [-0.3, -0.25) is 0 Å². The molecule has 0 saturated heterocycles. The SMILES string of the molecule is CCCC(C)/C=C/c1ccccc1C. The van der Waals surface area contributed by atoms with Crippen LogP contribution < -0.4 is 0 Å². The van der Waals surface area contributed by atoms with Crippen molar-refractivity contribution < 1.29 is 0 Å². The molecule has 0 amide bonds. The fourth-order valence-electron chi connectivity index (χ4n) is 1.59. The summed E-state index contributed by atoms with van der Waals surface area (Å²) < 4.78 is 0. The van der Waals surface area contributed by atoms with Crippen molar-refractivity contribution in [1.29, 1.82) is 0 Å². The highest BCUT2D eigenvalue weighted by Crippen LogP contribution is 2.13. The third-order valence-corrected chi connectivity index (χ3v) is 2.54. The van der Waals surface area contributed by atoms with Crippen molar-refractivity contribution in [3.8, 4) is 0 Å². The lowest BCUT2D eigenvalue weighted by molar-refractivity contribution is 0.636. The van der Waals surface area contributed by atoms with Gasteiger partial charge < -0.3 is 0 Å². The van der Waals surface area contributed by atoms with Crippen molar-refractivity contribution >= 4 is 6.08 Å². The molecule has 76 valence electrons. The number of benzene rings is 1. The summed E-state index contributed by atoms with van der Waals surface area (Å²) in [7, 11) is 0.